The van der Waals surface area contributed by atoms with Crippen LogP contribution in [-0.2, 0) is 0 Å². The molecule has 0 atom stereocenters. The van der Waals surface area contributed by atoms with E-state index in [0.29, 0.717) is 16.3 Å². The van der Waals surface area contributed by atoms with E-state index in [9.17, 15) is 4.39 Å². The molecule has 0 aliphatic rings. The van der Waals surface area contributed by atoms with E-state index in [-0.39, 0.29) is 5.82 Å². The van der Waals surface area contributed by atoms with Crippen molar-refractivity contribution in [3.05, 3.63) is 41.4 Å². The fraction of sp³-hybridized carbons (Fsp3) is 0. The maximum absolute atomic E-state index is 12.8. The van der Waals surface area contributed by atoms with Gasteiger partial charge in [0.2, 0.25) is 0 Å². The molecule has 1 aromatic heterocycles. The molecule has 0 unspecified atom stereocenters. The minimum Gasteiger partial charge on any atom is -0.363 e. The van der Waals surface area contributed by atoms with Gasteiger partial charge in [-0.05, 0) is 12.1 Å². The molecule has 2 nitrogen and oxygen atoms in total. The Kier molecular flexibility index (Phi) is 2.02. The maximum atomic E-state index is 12.8. The van der Waals surface area contributed by atoms with Crippen LogP contribution in [0.15, 0.2) is 35.1 Å². The lowest BCUT2D eigenvalue weighted by Gasteiger charge is -1.95. The molecule has 0 N–H and O–H groups in total. The smallest absolute Gasteiger partial charge is 0.143 e. The average molecular weight is 198 g/mol. The fourth-order valence-electron chi connectivity index (χ4n) is 1.05. The highest BCUT2D eigenvalue weighted by molar-refractivity contribution is 6.32. The van der Waals surface area contributed by atoms with E-state index in [1.54, 1.807) is 12.1 Å². The number of nitrogens with zero attached hydrogens (tertiary/aromatic N) is 1. The molecule has 0 spiro atoms. The van der Waals surface area contributed by atoms with E-state index in [4.69, 9.17) is 11.6 Å². The summed E-state index contributed by atoms with van der Waals surface area (Å²) in [6.45, 7) is 0. The lowest BCUT2D eigenvalue weighted by atomic mass is 10.1. The Labute approximate surface area is 78.9 Å². The zero-order valence-electron chi connectivity index (χ0n) is 6.50. The van der Waals surface area contributed by atoms with Gasteiger partial charge in [0.15, 0.2) is 0 Å². The van der Waals surface area contributed by atoms with Gasteiger partial charge in [0.05, 0.1) is 0 Å². The Morgan fingerprint density at radius 2 is 2.23 bits per heavy atom. The minimum absolute atomic E-state index is 0.323. The number of benzene rings is 1. The topological polar surface area (TPSA) is 26.0 Å². The van der Waals surface area contributed by atoms with Gasteiger partial charge in [-0.3, -0.25) is 0 Å². The van der Waals surface area contributed by atoms with Gasteiger partial charge in [0, 0.05) is 5.56 Å². The number of hydrogen-bond donors (Lipinski definition) is 0. The van der Waals surface area contributed by atoms with E-state index in [0.717, 1.165) is 0 Å². The third-order valence-corrected chi connectivity index (χ3v) is 1.89. The predicted octanol–water partition coefficient (Wildman–Crippen LogP) is 3.13. The van der Waals surface area contributed by atoms with Gasteiger partial charge < -0.3 is 4.52 Å². The number of halogens is 2. The molecular formula is C9H5ClFNO. The highest BCUT2D eigenvalue weighted by atomic mass is 35.5. The summed E-state index contributed by atoms with van der Waals surface area (Å²) in [7, 11) is 0. The molecule has 0 saturated heterocycles. The summed E-state index contributed by atoms with van der Waals surface area (Å²) in [5.41, 5.74) is 1.07. The second-order valence-corrected chi connectivity index (χ2v) is 2.93. The van der Waals surface area contributed by atoms with E-state index >= 15 is 0 Å². The van der Waals surface area contributed by atoms with Gasteiger partial charge >= 0.3 is 0 Å². The molecule has 0 bridgehead atoms. The van der Waals surface area contributed by atoms with Crippen molar-refractivity contribution < 1.29 is 8.91 Å². The van der Waals surface area contributed by atoms with Crippen LogP contribution in [0.2, 0.25) is 5.02 Å². The van der Waals surface area contributed by atoms with Crippen molar-refractivity contribution in [3.8, 4) is 11.3 Å². The summed E-state index contributed by atoms with van der Waals surface area (Å²) < 4.78 is 17.4. The highest BCUT2D eigenvalue weighted by Gasteiger charge is 2.07. The van der Waals surface area contributed by atoms with Gasteiger partial charge in [-0.1, -0.05) is 28.9 Å². The molecule has 0 amide bonds. The number of aromatic nitrogens is 1. The van der Waals surface area contributed by atoms with Crippen molar-refractivity contribution >= 4 is 11.6 Å². The maximum Gasteiger partial charge on any atom is 0.143 e. The molecule has 0 aliphatic heterocycles. The third-order valence-electron chi connectivity index (χ3n) is 1.62. The Bertz CT molecular complexity index is 427. The van der Waals surface area contributed by atoms with Crippen LogP contribution in [0.3, 0.4) is 0 Å². The molecule has 0 fully saturated rings. The summed E-state index contributed by atoms with van der Waals surface area (Å²) in [5, 5.41) is 4.03. The second kappa shape index (κ2) is 3.18. The van der Waals surface area contributed by atoms with Crippen LogP contribution < -0.4 is 0 Å². The summed E-state index contributed by atoms with van der Waals surface area (Å²) in [5.74, 6) is -0.323. The van der Waals surface area contributed by atoms with Crippen molar-refractivity contribution in [2.45, 2.75) is 0 Å². The van der Waals surface area contributed by atoms with Crippen molar-refractivity contribution in [2.75, 3.05) is 0 Å². The zero-order valence-corrected chi connectivity index (χ0v) is 7.25. The van der Waals surface area contributed by atoms with Crippen LogP contribution in [0.1, 0.15) is 0 Å². The van der Waals surface area contributed by atoms with Crippen LogP contribution >= 0.6 is 11.6 Å². The van der Waals surface area contributed by atoms with Crippen LogP contribution in [0.4, 0.5) is 4.39 Å². The Morgan fingerprint density at radius 3 is 2.85 bits per heavy atom. The van der Waals surface area contributed by atoms with Crippen LogP contribution in [0.25, 0.3) is 11.3 Å². The molecule has 13 heavy (non-hydrogen) atoms. The molecule has 1 heterocycles. The third kappa shape index (κ3) is 1.55. The van der Waals surface area contributed by atoms with Gasteiger partial charge in [0.25, 0.3) is 0 Å². The molecule has 0 aliphatic carbocycles. The number of rotatable bonds is 1. The van der Waals surface area contributed by atoms with E-state index in [2.05, 4.69) is 9.68 Å². The lowest BCUT2D eigenvalue weighted by molar-refractivity contribution is 0.422. The first kappa shape index (κ1) is 8.26. The fourth-order valence-corrected chi connectivity index (χ4v) is 1.23. The monoisotopic (exact) mass is 197 g/mol. The molecule has 66 valence electrons. The van der Waals surface area contributed by atoms with Gasteiger partial charge in [-0.15, -0.1) is 0 Å². The van der Waals surface area contributed by atoms with E-state index in [1.807, 2.05) is 0 Å². The van der Waals surface area contributed by atoms with Crippen molar-refractivity contribution in [2.24, 2.45) is 0 Å². The first-order valence-corrected chi connectivity index (χ1v) is 4.01. The Hall–Kier alpha value is -1.35. The Balaban J connectivity index is 2.53. The van der Waals surface area contributed by atoms with Crippen LogP contribution in [-0.4, -0.2) is 5.16 Å². The highest BCUT2D eigenvalue weighted by Crippen LogP contribution is 2.26. The van der Waals surface area contributed by atoms with Gasteiger partial charge in [-0.25, -0.2) is 4.39 Å². The molecule has 0 radical (unpaired) electrons. The standard InChI is InChI=1S/C9H5ClFNO/c10-8-5-13-12-9(8)6-2-1-3-7(11)4-6/h1-5H. The Morgan fingerprint density at radius 1 is 1.38 bits per heavy atom. The second-order valence-electron chi connectivity index (χ2n) is 2.52. The quantitative estimate of drug-likeness (QED) is 0.702. The predicted molar refractivity (Wildman–Crippen MR) is 46.9 cm³/mol. The van der Waals surface area contributed by atoms with Gasteiger partial charge in [-0.2, -0.15) is 0 Å². The SMILES string of the molecule is Fc1cccc(-c2nocc2Cl)c1. The molecular weight excluding hydrogens is 193 g/mol. The first-order valence-electron chi connectivity index (χ1n) is 3.63. The first-order chi connectivity index (χ1) is 6.27. The normalized spacial score (nSPS) is 10.3. The molecule has 1 aromatic carbocycles. The van der Waals surface area contributed by atoms with Crippen molar-refractivity contribution in [1.29, 1.82) is 0 Å². The molecule has 2 aromatic rings. The van der Waals surface area contributed by atoms with E-state index < -0.39 is 0 Å². The average Bonchev–Trinajstić information content (AvgIpc) is 2.51. The summed E-state index contributed by atoms with van der Waals surface area (Å²) in [6.07, 6.45) is 1.31. The molecule has 4 heteroatoms. The summed E-state index contributed by atoms with van der Waals surface area (Å²) in [4.78, 5) is 0. The minimum atomic E-state index is -0.323. The number of hydrogen-bond acceptors (Lipinski definition) is 2. The van der Waals surface area contributed by atoms with Gasteiger partial charge in [0.1, 0.15) is 22.8 Å². The zero-order chi connectivity index (χ0) is 9.26. The molecule has 0 saturated carbocycles. The van der Waals surface area contributed by atoms with Crippen molar-refractivity contribution in [1.82, 2.24) is 5.16 Å². The van der Waals surface area contributed by atoms with E-state index in [1.165, 1.54) is 18.4 Å². The van der Waals surface area contributed by atoms with Crippen LogP contribution in [0.5, 0.6) is 0 Å². The van der Waals surface area contributed by atoms with Crippen molar-refractivity contribution in [3.63, 3.8) is 0 Å². The molecule has 2 rings (SSSR count). The summed E-state index contributed by atoms with van der Waals surface area (Å²) >= 11 is 5.75. The summed E-state index contributed by atoms with van der Waals surface area (Å²) in [6, 6.07) is 6.02. The largest absolute Gasteiger partial charge is 0.363 e. The lowest BCUT2D eigenvalue weighted by Crippen LogP contribution is -1.79. The van der Waals surface area contributed by atoms with Crippen LogP contribution in [0, 0.1) is 5.82 Å².